The first-order valence-electron chi connectivity index (χ1n) is 10.9. The minimum absolute atomic E-state index is 0.0722. The number of hydrogen-bond donors (Lipinski definition) is 2. The van der Waals surface area contributed by atoms with Crippen molar-refractivity contribution in [1.29, 1.82) is 0 Å². The van der Waals surface area contributed by atoms with Crippen LogP contribution in [0.25, 0.3) is 5.69 Å². The maximum Gasteiger partial charge on any atom is 0.267 e. The molecule has 4 aromatic rings. The molecule has 2 heterocycles. The third-order valence-electron chi connectivity index (χ3n) is 5.23. The van der Waals surface area contributed by atoms with Crippen LogP contribution in [-0.2, 0) is 6.54 Å². The lowest BCUT2D eigenvalue weighted by atomic mass is 10.2. The van der Waals surface area contributed by atoms with Crippen molar-refractivity contribution in [3.05, 3.63) is 106 Å². The van der Waals surface area contributed by atoms with Gasteiger partial charge in [0.25, 0.3) is 11.5 Å². The average molecular weight is 491 g/mol. The molecule has 0 aliphatic rings. The number of pyridine rings is 2. The summed E-state index contributed by atoms with van der Waals surface area (Å²) in [6, 6.07) is 13.6. The molecular weight excluding hydrogens is 468 g/mol. The van der Waals surface area contributed by atoms with Gasteiger partial charge in [-0.05, 0) is 68.7 Å². The molecule has 2 aromatic heterocycles. The Morgan fingerprint density at radius 1 is 1.08 bits per heavy atom. The first-order chi connectivity index (χ1) is 17.2. The van der Waals surface area contributed by atoms with Crippen LogP contribution in [0.4, 0.5) is 20.3 Å². The zero-order valence-electron chi connectivity index (χ0n) is 19.5. The third-order valence-corrected chi connectivity index (χ3v) is 5.23. The number of anilines is 2. The molecule has 0 unspecified atom stereocenters. The number of nitrogens with zero attached hydrogens (tertiary/aromatic N) is 3. The highest BCUT2D eigenvalue weighted by atomic mass is 19.1. The second kappa shape index (κ2) is 10.4. The molecule has 0 spiro atoms. The van der Waals surface area contributed by atoms with Gasteiger partial charge in [0, 0.05) is 36.4 Å². The van der Waals surface area contributed by atoms with Gasteiger partial charge in [0.15, 0.2) is 11.6 Å². The number of amides is 1. The van der Waals surface area contributed by atoms with Gasteiger partial charge in [-0.3, -0.25) is 14.2 Å². The van der Waals surface area contributed by atoms with Gasteiger partial charge in [-0.15, -0.1) is 0 Å². The van der Waals surface area contributed by atoms with Crippen LogP contribution in [0.1, 0.15) is 15.9 Å². The van der Waals surface area contributed by atoms with Crippen molar-refractivity contribution in [2.75, 3.05) is 25.1 Å². The van der Waals surface area contributed by atoms with E-state index in [-0.39, 0.29) is 22.8 Å². The molecule has 0 saturated heterocycles. The van der Waals surface area contributed by atoms with Crippen molar-refractivity contribution in [2.24, 2.45) is 0 Å². The SMILES string of the molecule is CN(C)Cc1c(Oc2ccc(NC(=O)c3cccn(-c4ccc(F)cc4)c3=O)cc2F)ccnc1N. The van der Waals surface area contributed by atoms with Gasteiger partial charge < -0.3 is 20.7 Å². The van der Waals surface area contributed by atoms with Gasteiger partial charge >= 0.3 is 0 Å². The molecule has 0 saturated carbocycles. The lowest BCUT2D eigenvalue weighted by Crippen LogP contribution is -2.27. The number of benzene rings is 2. The highest BCUT2D eigenvalue weighted by molar-refractivity contribution is 6.04. The molecule has 3 N–H and O–H groups in total. The number of carbonyl (C=O) groups excluding carboxylic acids is 1. The Labute approximate surface area is 205 Å². The van der Waals surface area contributed by atoms with Crippen LogP contribution < -0.4 is 21.3 Å². The molecule has 0 fully saturated rings. The van der Waals surface area contributed by atoms with E-state index in [0.29, 0.717) is 23.5 Å². The standard InChI is InChI=1S/C26H23F2N5O3/c1-32(2)15-20-22(11-12-30-24(20)29)36-23-10-7-17(14-21(23)28)31-25(34)19-4-3-13-33(26(19)35)18-8-5-16(27)6-9-18/h3-14H,15H2,1-2H3,(H2,29,30)(H,31,34). The summed E-state index contributed by atoms with van der Waals surface area (Å²) in [6.07, 6.45) is 2.93. The van der Waals surface area contributed by atoms with Gasteiger partial charge in [0.1, 0.15) is 22.9 Å². The molecule has 10 heteroatoms. The fourth-order valence-electron chi connectivity index (χ4n) is 3.51. The van der Waals surface area contributed by atoms with Crippen LogP contribution in [0, 0.1) is 11.6 Å². The summed E-state index contributed by atoms with van der Waals surface area (Å²) in [5.41, 5.74) is 6.33. The van der Waals surface area contributed by atoms with E-state index in [9.17, 15) is 18.4 Å². The van der Waals surface area contributed by atoms with E-state index in [0.717, 1.165) is 6.07 Å². The molecule has 1 amide bonds. The molecule has 4 rings (SSSR count). The normalized spacial score (nSPS) is 10.9. The Morgan fingerprint density at radius 3 is 2.53 bits per heavy atom. The quantitative estimate of drug-likeness (QED) is 0.402. The van der Waals surface area contributed by atoms with E-state index in [4.69, 9.17) is 10.5 Å². The maximum absolute atomic E-state index is 14.9. The first-order valence-corrected chi connectivity index (χ1v) is 10.9. The predicted octanol–water partition coefficient (Wildman–Crippen LogP) is 4.20. The van der Waals surface area contributed by atoms with E-state index in [1.165, 1.54) is 65.5 Å². The molecule has 0 radical (unpaired) electrons. The number of ether oxygens (including phenoxy) is 1. The number of halogens is 2. The van der Waals surface area contributed by atoms with Crippen molar-refractivity contribution in [1.82, 2.24) is 14.5 Å². The fourth-order valence-corrected chi connectivity index (χ4v) is 3.51. The second-order valence-electron chi connectivity index (χ2n) is 8.19. The highest BCUT2D eigenvalue weighted by Gasteiger charge is 2.16. The molecular formula is C26H23F2N5O3. The van der Waals surface area contributed by atoms with E-state index < -0.39 is 23.1 Å². The number of nitrogens with one attached hydrogen (secondary N) is 1. The predicted molar refractivity (Wildman–Crippen MR) is 132 cm³/mol. The van der Waals surface area contributed by atoms with Gasteiger partial charge in [-0.25, -0.2) is 13.8 Å². The van der Waals surface area contributed by atoms with Gasteiger partial charge in [-0.2, -0.15) is 0 Å². The van der Waals surface area contributed by atoms with Crippen molar-refractivity contribution in [2.45, 2.75) is 6.54 Å². The van der Waals surface area contributed by atoms with Crippen LogP contribution in [0.5, 0.6) is 11.5 Å². The summed E-state index contributed by atoms with van der Waals surface area (Å²) in [5.74, 6) is -1.33. The van der Waals surface area contributed by atoms with Crippen LogP contribution >= 0.6 is 0 Å². The minimum atomic E-state index is -0.726. The van der Waals surface area contributed by atoms with Crippen LogP contribution in [0.3, 0.4) is 0 Å². The summed E-state index contributed by atoms with van der Waals surface area (Å²) in [5, 5.41) is 2.52. The van der Waals surface area contributed by atoms with Crippen molar-refractivity contribution in [3.63, 3.8) is 0 Å². The van der Waals surface area contributed by atoms with Gasteiger partial charge in [0.2, 0.25) is 0 Å². The summed E-state index contributed by atoms with van der Waals surface area (Å²) in [6.45, 7) is 0.442. The smallest absolute Gasteiger partial charge is 0.267 e. The number of carbonyl (C=O) groups is 1. The molecule has 0 bridgehead atoms. The number of aromatic nitrogens is 2. The number of rotatable bonds is 7. The molecule has 36 heavy (non-hydrogen) atoms. The fraction of sp³-hybridized carbons (Fsp3) is 0.115. The zero-order valence-corrected chi connectivity index (χ0v) is 19.5. The third kappa shape index (κ3) is 5.39. The molecule has 0 aliphatic carbocycles. The Hall–Kier alpha value is -4.57. The summed E-state index contributed by atoms with van der Waals surface area (Å²) in [7, 11) is 3.71. The molecule has 0 aliphatic heterocycles. The molecule has 8 nitrogen and oxygen atoms in total. The highest BCUT2D eigenvalue weighted by Crippen LogP contribution is 2.31. The lowest BCUT2D eigenvalue weighted by molar-refractivity contribution is 0.102. The first kappa shape index (κ1) is 24.6. The topological polar surface area (TPSA) is 102 Å². The van der Waals surface area contributed by atoms with Gasteiger partial charge in [0.05, 0.1) is 5.56 Å². The summed E-state index contributed by atoms with van der Waals surface area (Å²) >= 11 is 0. The minimum Gasteiger partial charge on any atom is -0.454 e. The van der Waals surface area contributed by atoms with Crippen LogP contribution in [-0.4, -0.2) is 34.5 Å². The molecule has 184 valence electrons. The van der Waals surface area contributed by atoms with E-state index in [1.807, 2.05) is 19.0 Å². The number of hydrogen-bond acceptors (Lipinski definition) is 6. The Balaban J connectivity index is 1.54. The largest absolute Gasteiger partial charge is 0.454 e. The van der Waals surface area contributed by atoms with Crippen LogP contribution in [0.2, 0.25) is 0 Å². The van der Waals surface area contributed by atoms with E-state index in [2.05, 4.69) is 10.3 Å². The lowest BCUT2D eigenvalue weighted by Gasteiger charge is -2.16. The van der Waals surface area contributed by atoms with Crippen molar-refractivity contribution < 1.29 is 18.3 Å². The maximum atomic E-state index is 14.9. The number of nitrogen functional groups attached to an aromatic ring is 1. The van der Waals surface area contributed by atoms with Crippen molar-refractivity contribution in [3.8, 4) is 17.2 Å². The Morgan fingerprint density at radius 2 is 1.83 bits per heavy atom. The molecule has 0 atom stereocenters. The zero-order chi connectivity index (χ0) is 25.8. The van der Waals surface area contributed by atoms with E-state index in [1.54, 1.807) is 6.07 Å². The van der Waals surface area contributed by atoms with E-state index >= 15 is 0 Å². The molecule has 2 aromatic carbocycles. The summed E-state index contributed by atoms with van der Waals surface area (Å²) < 4.78 is 35.0. The number of nitrogens with two attached hydrogens (primary N) is 1. The monoisotopic (exact) mass is 491 g/mol. The second-order valence-corrected chi connectivity index (χ2v) is 8.19. The van der Waals surface area contributed by atoms with Crippen LogP contribution in [0.15, 0.2) is 77.9 Å². The summed E-state index contributed by atoms with van der Waals surface area (Å²) in [4.78, 5) is 31.6. The Kier molecular flexibility index (Phi) is 7.07. The average Bonchev–Trinajstić information content (AvgIpc) is 2.83. The van der Waals surface area contributed by atoms with Gasteiger partial charge in [-0.1, -0.05) is 0 Å². The Bertz CT molecular complexity index is 1470. The van der Waals surface area contributed by atoms with Crippen molar-refractivity contribution >= 4 is 17.4 Å².